The number of dihydropyridines is 1. The van der Waals surface area contributed by atoms with Gasteiger partial charge in [0.2, 0.25) is 0 Å². The Morgan fingerprint density at radius 2 is 2.33 bits per heavy atom. The summed E-state index contributed by atoms with van der Waals surface area (Å²) in [4.78, 5) is 9.02. The predicted octanol–water partition coefficient (Wildman–Crippen LogP) is 2.59. The maximum Gasteiger partial charge on any atom is 0.0881 e. The Morgan fingerprint density at radius 3 is 3.27 bits per heavy atom. The van der Waals surface area contributed by atoms with Gasteiger partial charge in [0, 0.05) is 18.3 Å². The monoisotopic (exact) mass is 196 g/mol. The first-order chi connectivity index (χ1) is 7.30. The van der Waals surface area contributed by atoms with E-state index in [0.29, 0.717) is 0 Å². The van der Waals surface area contributed by atoms with Crippen LogP contribution in [-0.2, 0) is 0 Å². The molecule has 15 heavy (non-hydrogen) atoms. The Bertz CT molecular complexity index is 485. The fourth-order valence-electron chi connectivity index (χ4n) is 2.24. The zero-order valence-corrected chi connectivity index (χ0v) is 8.59. The lowest BCUT2D eigenvalue weighted by Crippen LogP contribution is -2.32. The van der Waals surface area contributed by atoms with E-state index in [2.05, 4.69) is 41.2 Å². The highest BCUT2D eigenvalue weighted by molar-refractivity contribution is 5.75. The second-order valence-electron chi connectivity index (χ2n) is 4.18. The fourth-order valence-corrected chi connectivity index (χ4v) is 2.24. The van der Waals surface area contributed by atoms with Gasteiger partial charge in [0.25, 0.3) is 0 Å². The number of fused-ring (bicyclic) bond motifs is 3. The summed E-state index contributed by atoms with van der Waals surface area (Å²) in [5, 5.41) is 0. The largest absolute Gasteiger partial charge is 0.282 e. The van der Waals surface area contributed by atoms with E-state index < -0.39 is 0 Å². The second-order valence-corrected chi connectivity index (χ2v) is 4.18. The summed E-state index contributed by atoms with van der Waals surface area (Å²) in [6.45, 7) is 2.14. The molecule has 0 spiro atoms. The van der Waals surface area contributed by atoms with Crippen LogP contribution in [0.4, 0.5) is 0 Å². The quantitative estimate of drug-likeness (QED) is 0.626. The average molecular weight is 196 g/mol. The molecular formula is C13H12N2. The van der Waals surface area contributed by atoms with Gasteiger partial charge in [-0.2, -0.15) is 0 Å². The molecule has 3 rings (SSSR count). The Kier molecular flexibility index (Phi) is 1.66. The van der Waals surface area contributed by atoms with Gasteiger partial charge in [0.15, 0.2) is 0 Å². The standard InChI is InChI=1S/C13H12N2/c1-13-7-6-10-4-2-8-14-12(10)11(13)5-3-9-15-13/h2-9,11H,1H3. The lowest BCUT2D eigenvalue weighted by Gasteiger charge is -2.34. The Balaban J connectivity index is 2.21. The van der Waals surface area contributed by atoms with Crippen LogP contribution in [0, 0.1) is 0 Å². The number of pyridine rings is 1. The molecule has 0 saturated heterocycles. The molecule has 0 N–H and O–H groups in total. The molecule has 2 heteroatoms. The zero-order chi connectivity index (χ0) is 10.3. The first-order valence-electron chi connectivity index (χ1n) is 5.16. The number of rotatable bonds is 0. The van der Waals surface area contributed by atoms with Crippen molar-refractivity contribution in [2.75, 3.05) is 0 Å². The van der Waals surface area contributed by atoms with Crippen molar-refractivity contribution in [2.24, 2.45) is 4.99 Å². The number of hydrogen-bond acceptors (Lipinski definition) is 2. The Morgan fingerprint density at radius 1 is 1.40 bits per heavy atom. The van der Waals surface area contributed by atoms with E-state index >= 15 is 0 Å². The topological polar surface area (TPSA) is 25.2 Å². The van der Waals surface area contributed by atoms with Gasteiger partial charge in [-0.1, -0.05) is 24.3 Å². The van der Waals surface area contributed by atoms with Crippen molar-refractivity contribution in [2.45, 2.75) is 18.4 Å². The second kappa shape index (κ2) is 2.89. The molecule has 0 saturated carbocycles. The number of aliphatic imine (C=N–C) groups is 1. The molecule has 1 aromatic heterocycles. The maximum absolute atomic E-state index is 4.54. The van der Waals surface area contributed by atoms with Crippen molar-refractivity contribution in [1.29, 1.82) is 0 Å². The maximum atomic E-state index is 4.54. The van der Waals surface area contributed by atoms with Crippen LogP contribution in [0.15, 0.2) is 41.6 Å². The van der Waals surface area contributed by atoms with Crippen molar-refractivity contribution in [3.05, 3.63) is 47.8 Å². The minimum atomic E-state index is -0.143. The molecule has 74 valence electrons. The lowest BCUT2D eigenvalue weighted by molar-refractivity contribution is 0.512. The third-order valence-electron chi connectivity index (χ3n) is 3.14. The van der Waals surface area contributed by atoms with Crippen LogP contribution in [0.25, 0.3) is 6.08 Å². The summed E-state index contributed by atoms with van der Waals surface area (Å²) in [5.41, 5.74) is 2.20. The van der Waals surface area contributed by atoms with Crippen LogP contribution in [0.3, 0.4) is 0 Å². The van der Waals surface area contributed by atoms with Gasteiger partial charge in [0.05, 0.1) is 11.2 Å². The van der Waals surface area contributed by atoms with E-state index in [-0.39, 0.29) is 11.5 Å². The highest BCUT2D eigenvalue weighted by Gasteiger charge is 2.36. The van der Waals surface area contributed by atoms with Crippen LogP contribution in [0.5, 0.6) is 0 Å². The van der Waals surface area contributed by atoms with Crippen molar-refractivity contribution >= 4 is 12.3 Å². The molecule has 0 aromatic carbocycles. The molecule has 2 nitrogen and oxygen atoms in total. The summed E-state index contributed by atoms with van der Waals surface area (Å²) in [5.74, 6) is 0.281. The normalized spacial score (nSPS) is 31.1. The number of hydrogen-bond donors (Lipinski definition) is 0. The average Bonchev–Trinajstić information content (AvgIpc) is 2.28. The van der Waals surface area contributed by atoms with Crippen molar-refractivity contribution in [3.8, 4) is 0 Å². The molecule has 1 aromatic rings. The van der Waals surface area contributed by atoms with E-state index in [4.69, 9.17) is 0 Å². The first-order valence-corrected chi connectivity index (χ1v) is 5.16. The first kappa shape index (κ1) is 8.60. The van der Waals surface area contributed by atoms with Crippen molar-refractivity contribution < 1.29 is 0 Å². The lowest BCUT2D eigenvalue weighted by atomic mass is 9.76. The van der Waals surface area contributed by atoms with Gasteiger partial charge in [-0.3, -0.25) is 9.98 Å². The molecule has 2 atom stereocenters. The van der Waals surface area contributed by atoms with E-state index in [1.807, 2.05) is 24.6 Å². The molecule has 0 radical (unpaired) electrons. The smallest absolute Gasteiger partial charge is 0.0881 e. The van der Waals surface area contributed by atoms with Crippen LogP contribution < -0.4 is 0 Å². The van der Waals surface area contributed by atoms with Gasteiger partial charge >= 0.3 is 0 Å². The van der Waals surface area contributed by atoms with Gasteiger partial charge in [-0.25, -0.2) is 0 Å². The van der Waals surface area contributed by atoms with Crippen LogP contribution in [0.2, 0.25) is 0 Å². The summed E-state index contributed by atoms with van der Waals surface area (Å²) in [7, 11) is 0. The van der Waals surface area contributed by atoms with Crippen LogP contribution in [0.1, 0.15) is 24.1 Å². The van der Waals surface area contributed by atoms with Gasteiger partial charge < -0.3 is 0 Å². The Hall–Kier alpha value is -1.70. The molecule has 0 bridgehead atoms. The fraction of sp³-hybridized carbons (Fsp3) is 0.231. The summed E-state index contributed by atoms with van der Waals surface area (Å²) in [6, 6.07) is 4.08. The Labute approximate surface area is 89.1 Å². The van der Waals surface area contributed by atoms with Gasteiger partial charge in [-0.15, -0.1) is 0 Å². The molecule has 1 aliphatic heterocycles. The SMILES string of the molecule is CC12C=Cc3cccnc3C1C=CC=N2. The molecule has 0 amide bonds. The molecule has 2 heterocycles. The van der Waals surface area contributed by atoms with E-state index in [1.165, 1.54) is 5.56 Å². The highest BCUT2D eigenvalue weighted by Crippen LogP contribution is 2.40. The zero-order valence-electron chi connectivity index (χ0n) is 8.59. The van der Waals surface area contributed by atoms with Crippen LogP contribution in [-0.4, -0.2) is 16.7 Å². The minimum Gasteiger partial charge on any atom is -0.282 e. The minimum absolute atomic E-state index is 0.143. The predicted molar refractivity (Wildman–Crippen MR) is 62.0 cm³/mol. The van der Waals surface area contributed by atoms with E-state index in [9.17, 15) is 0 Å². The summed E-state index contributed by atoms with van der Waals surface area (Å²) in [6.07, 6.45) is 12.2. The van der Waals surface area contributed by atoms with Gasteiger partial charge in [0.1, 0.15) is 0 Å². The summed E-state index contributed by atoms with van der Waals surface area (Å²) >= 11 is 0. The van der Waals surface area contributed by atoms with Crippen molar-refractivity contribution in [1.82, 2.24) is 4.98 Å². The molecule has 2 unspecified atom stereocenters. The number of aromatic nitrogens is 1. The molecule has 1 aliphatic carbocycles. The molecule has 2 aliphatic rings. The third-order valence-corrected chi connectivity index (χ3v) is 3.14. The number of nitrogens with zero attached hydrogens (tertiary/aromatic N) is 2. The van der Waals surface area contributed by atoms with Gasteiger partial charge in [-0.05, 0) is 24.6 Å². The third kappa shape index (κ3) is 1.18. The molecular weight excluding hydrogens is 184 g/mol. The molecule has 0 fully saturated rings. The highest BCUT2D eigenvalue weighted by atomic mass is 14.9. The number of allylic oxidation sites excluding steroid dienone is 1. The van der Waals surface area contributed by atoms with E-state index in [0.717, 1.165) is 5.69 Å². The van der Waals surface area contributed by atoms with Crippen LogP contribution >= 0.6 is 0 Å². The summed E-state index contributed by atoms with van der Waals surface area (Å²) < 4.78 is 0. The van der Waals surface area contributed by atoms with Crippen molar-refractivity contribution in [3.63, 3.8) is 0 Å². The van der Waals surface area contributed by atoms with E-state index in [1.54, 1.807) is 0 Å².